The Bertz CT molecular complexity index is 982. The van der Waals surface area contributed by atoms with Gasteiger partial charge in [0.2, 0.25) is 0 Å². The number of hydrogen-bond donors (Lipinski definition) is 1. The van der Waals surface area contributed by atoms with Gasteiger partial charge in [0.1, 0.15) is 17.2 Å². The summed E-state index contributed by atoms with van der Waals surface area (Å²) in [5, 5.41) is 7.65. The third kappa shape index (κ3) is 3.72. The number of aromatic nitrogens is 4. The van der Waals surface area contributed by atoms with Crippen molar-refractivity contribution in [1.29, 1.82) is 0 Å². The second kappa shape index (κ2) is 7.78. The molecule has 5 rings (SSSR count). The summed E-state index contributed by atoms with van der Waals surface area (Å²) < 4.78 is 7.61. The van der Waals surface area contributed by atoms with E-state index in [1.54, 1.807) is 22.0 Å². The fourth-order valence-corrected chi connectivity index (χ4v) is 4.28. The number of amides is 1. The van der Waals surface area contributed by atoms with Crippen LogP contribution in [0.5, 0.6) is 0 Å². The Morgan fingerprint density at radius 1 is 1.10 bits per heavy atom. The van der Waals surface area contributed by atoms with E-state index in [4.69, 9.17) is 4.74 Å². The average Bonchev–Trinajstić information content (AvgIpc) is 3.43. The molecule has 0 radical (unpaired) electrons. The van der Waals surface area contributed by atoms with E-state index in [0.717, 1.165) is 43.7 Å². The van der Waals surface area contributed by atoms with E-state index in [1.165, 1.54) is 0 Å². The van der Waals surface area contributed by atoms with Gasteiger partial charge in [0.05, 0.1) is 18.4 Å². The Morgan fingerprint density at radius 3 is 2.70 bits per heavy atom. The van der Waals surface area contributed by atoms with E-state index in [-0.39, 0.29) is 11.7 Å². The molecule has 4 heterocycles. The Hall–Kier alpha value is -3.42. The van der Waals surface area contributed by atoms with Crippen molar-refractivity contribution in [3.8, 4) is 5.69 Å². The molecule has 0 unspecified atom stereocenters. The van der Waals surface area contributed by atoms with Gasteiger partial charge < -0.3 is 10.1 Å². The molecule has 0 atom stereocenters. The van der Waals surface area contributed by atoms with Crippen LogP contribution in [0.4, 0.5) is 16.4 Å². The summed E-state index contributed by atoms with van der Waals surface area (Å²) in [7, 11) is 0. The second-order valence-corrected chi connectivity index (χ2v) is 8.00. The summed E-state index contributed by atoms with van der Waals surface area (Å²) in [6, 6.07) is 11.4. The molecule has 3 aromatic heterocycles. The van der Waals surface area contributed by atoms with Crippen molar-refractivity contribution in [3.05, 3.63) is 61.2 Å². The van der Waals surface area contributed by atoms with Crippen molar-refractivity contribution in [2.24, 2.45) is 5.92 Å². The Morgan fingerprint density at radius 2 is 2.00 bits per heavy atom. The van der Waals surface area contributed by atoms with E-state index < -0.39 is 0 Å². The predicted molar refractivity (Wildman–Crippen MR) is 113 cm³/mol. The Labute approximate surface area is 174 Å². The summed E-state index contributed by atoms with van der Waals surface area (Å²) in [5.74, 6) is 2.05. The van der Waals surface area contributed by atoms with Crippen molar-refractivity contribution in [1.82, 2.24) is 19.7 Å². The number of anilines is 2. The van der Waals surface area contributed by atoms with Gasteiger partial charge in [-0.1, -0.05) is 6.07 Å². The number of carbonyl (C=O) groups is 1. The second-order valence-electron chi connectivity index (χ2n) is 8.00. The molecule has 2 fully saturated rings. The summed E-state index contributed by atoms with van der Waals surface area (Å²) in [4.78, 5) is 22.8. The van der Waals surface area contributed by atoms with E-state index in [1.807, 2.05) is 48.8 Å². The highest BCUT2D eigenvalue weighted by Crippen LogP contribution is 2.40. The van der Waals surface area contributed by atoms with Gasteiger partial charge in [-0.05, 0) is 61.9 Å². The summed E-state index contributed by atoms with van der Waals surface area (Å²) in [5.41, 5.74) is 0.556. The molecule has 1 aliphatic heterocycles. The molecule has 1 amide bonds. The van der Waals surface area contributed by atoms with Gasteiger partial charge in [0.25, 0.3) is 0 Å². The first-order valence-corrected chi connectivity index (χ1v) is 10.3. The maximum Gasteiger partial charge on any atom is 0.416 e. The number of rotatable bonds is 5. The molecule has 0 bridgehead atoms. The van der Waals surface area contributed by atoms with E-state index in [0.29, 0.717) is 18.3 Å². The smallest absolute Gasteiger partial charge is 0.416 e. The van der Waals surface area contributed by atoms with Crippen LogP contribution in [-0.4, -0.2) is 44.5 Å². The van der Waals surface area contributed by atoms with Gasteiger partial charge in [-0.15, -0.1) is 0 Å². The first kappa shape index (κ1) is 18.6. The average molecular weight is 404 g/mol. The van der Waals surface area contributed by atoms with Crippen LogP contribution in [0.15, 0.2) is 61.2 Å². The minimum absolute atomic E-state index is 0.285. The molecule has 1 saturated heterocycles. The Balaban J connectivity index is 1.14. The zero-order valence-electron chi connectivity index (χ0n) is 16.6. The molecular weight excluding hydrogens is 380 g/mol. The fraction of sp³-hybridized carbons (Fsp3) is 0.364. The van der Waals surface area contributed by atoms with Crippen molar-refractivity contribution in [3.63, 3.8) is 0 Å². The number of carbonyl (C=O) groups excluding carboxylic acids is 1. The van der Waals surface area contributed by atoms with Crippen LogP contribution in [0.1, 0.15) is 25.7 Å². The van der Waals surface area contributed by atoms with Gasteiger partial charge in [-0.25, -0.2) is 19.4 Å². The van der Waals surface area contributed by atoms with Gasteiger partial charge >= 0.3 is 6.09 Å². The van der Waals surface area contributed by atoms with Crippen LogP contribution < -0.4 is 10.2 Å². The third-order valence-electron chi connectivity index (χ3n) is 6.00. The lowest BCUT2D eigenvalue weighted by Gasteiger charge is -2.35. The summed E-state index contributed by atoms with van der Waals surface area (Å²) >= 11 is 0. The molecule has 1 spiro atoms. The zero-order chi connectivity index (χ0) is 20.4. The molecule has 0 aromatic carbocycles. The van der Waals surface area contributed by atoms with Crippen LogP contribution in [-0.2, 0) is 4.74 Å². The van der Waals surface area contributed by atoms with Crippen molar-refractivity contribution in [2.75, 3.05) is 23.3 Å². The number of nitrogens with zero attached hydrogens (tertiary/aromatic N) is 5. The molecular formula is C22H24N6O2. The molecule has 2 aliphatic rings. The maximum absolute atomic E-state index is 12.4. The molecule has 1 N–H and O–H groups in total. The van der Waals surface area contributed by atoms with E-state index in [2.05, 4.69) is 20.4 Å². The minimum atomic E-state index is -0.380. The topological polar surface area (TPSA) is 85.2 Å². The van der Waals surface area contributed by atoms with Gasteiger partial charge in [0, 0.05) is 25.1 Å². The van der Waals surface area contributed by atoms with Crippen molar-refractivity contribution in [2.45, 2.75) is 31.3 Å². The normalized spacial score (nSPS) is 23.5. The lowest BCUT2D eigenvalue weighted by molar-refractivity contribution is 0.0148. The van der Waals surface area contributed by atoms with Crippen LogP contribution in [0, 0.1) is 5.92 Å². The molecule has 3 aromatic rings. The molecule has 1 aliphatic carbocycles. The Kier molecular flexibility index (Phi) is 4.82. The first-order valence-electron chi connectivity index (χ1n) is 10.3. The summed E-state index contributed by atoms with van der Waals surface area (Å²) in [6.45, 7) is 1.45. The largest absolute Gasteiger partial charge is 0.441 e. The molecule has 154 valence electrons. The third-order valence-corrected chi connectivity index (χ3v) is 6.00. The van der Waals surface area contributed by atoms with Crippen LogP contribution >= 0.6 is 0 Å². The predicted octanol–water partition coefficient (Wildman–Crippen LogP) is 3.66. The lowest BCUT2D eigenvalue weighted by atomic mass is 9.78. The minimum Gasteiger partial charge on any atom is -0.441 e. The monoisotopic (exact) mass is 404 g/mol. The molecule has 8 heteroatoms. The van der Waals surface area contributed by atoms with Crippen molar-refractivity contribution >= 4 is 17.7 Å². The van der Waals surface area contributed by atoms with Gasteiger partial charge in [0.15, 0.2) is 0 Å². The number of ether oxygens (including phenoxy) is 1. The highest BCUT2D eigenvalue weighted by Gasteiger charge is 2.47. The van der Waals surface area contributed by atoms with Gasteiger partial charge in [-0.3, -0.25) is 4.90 Å². The van der Waals surface area contributed by atoms with Gasteiger partial charge in [-0.2, -0.15) is 5.10 Å². The quantitative estimate of drug-likeness (QED) is 0.699. The number of hydrogen-bond acceptors (Lipinski definition) is 6. The van der Waals surface area contributed by atoms with E-state index in [9.17, 15) is 4.79 Å². The van der Waals surface area contributed by atoms with Crippen LogP contribution in [0.3, 0.4) is 0 Å². The number of nitrogens with one attached hydrogen (secondary N) is 1. The zero-order valence-corrected chi connectivity index (χ0v) is 16.6. The standard InChI is InChI=1S/C22H24N6O2/c29-21-27(20-4-1-2-11-23-20)16-22(30-21)9-7-17(8-10-22)14-24-19-6-5-18(15-25-19)28-13-3-12-26-28/h1-6,11-13,15,17H,7-10,14,16H2,(H,24,25)/t17-,22-. The van der Waals surface area contributed by atoms with Crippen LogP contribution in [0.25, 0.3) is 5.69 Å². The van der Waals surface area contributed by atoms with E-state index >= 15 is 0 Å². The highest BCUT2D eigenvalue weighted by molar-refractivity contribution is 5.89. The lowest BCUT2D eigenvalue weighted by Crippen LogP contribution is -2.39. The van der Waals surface area contributed by atoms with Crippen molar-refractivity contribution < 1.29 is 9.53 Å². The first-order chi connectivity index (χ1) is 14.7. The van der Waals surface area contributed by atoms with Crippen LogP contribution in [0.2, 0.25) is 0 Å². The summed E-state index contributed by atoms with van der Waals surface area (Å²) in [6.07, 6.45) is 10.7. The highest BCUT2D eigenvalue weighted by atomic mass is 16.6. The molecule has 1 saturated carbocycles. The SMILES string of the molecule is O=C1O[C@]2(CC[C@H](CNc3ccc(-n4cccn4)cn3)CC2)CN1c1ccccn1. The molecule has 8 nitrogen and oxygen atoms in total. The molecule has 30 heavy (non-hydrogen) atoms. The fourth-order valence-electron chi connectivity index (χ4n) is 4.28. The maximum atomic E-state index is 12.4. The number of pyridine rings is 2.